The van der Waals surface area contributed by atoms with Crippen LogP contribution in [0.3, 0.4) is 0 Å². The van der Waals surface area contributed by atoms with Gasteiger partial charge in [-0.2, -0.15) is 0 Å². The number of ether oxygens (including phenoxy) is 2. The van der Waals surface area contributed by atoms with Crippen LogP contribution in [0.5, 0.6) is 0 Å². The first kappa shape index (κ1) is 13.6. The Morgan fingerprint density at radius 1 is 1.44 bits per heavy atom. The van der Waals surface area contributed by atoms with Crippen LogP contribution in [0, 0.1) is 0 Å². The molecule has 104 valence electrons. The summed E-state index contributed by atoms with van der Waals surface area (Å²) in [6.45, 7) is 6.42. The van der Waals surface area contributed by atoms with E-state index in [-0.39, 0.29) is 12.6 Å². The quantitative estimate of drug-likeness (QED) is 0.731. The van der Waals surface area contributed by atoms with Gasteiger partial charge in [-0.3, -0.25) is 0 Å². The third-order valence-electron chi connectivity index (χ3n) is 3.22. The minimum absolute atomic E-state index is 0.0425. The first-order valence-corrected chi connectivity index (χ1v) is 6.60. The zero-order chi connectivity index (χ0) is 13.3. The van der Waals surface area contributed by atoms with Crippen molar-refractivity contribution >= 4 is 6.09 Å². The zero-order valence-electron chi connectivity index (χ0n) is 11.3. The number of epoxide rings is 1. The number of carbonyl (C=O) groups excluding carboxylic acids is 1. The number of amides is 1. The van der Waals surface area contributed by atoms with Gasteiger partial charge in [0.15, 0.2) is 0 Å². The van der Waals surface area contributed by atoms with Crippen molar-refractivity contribution in [3.63, 3.8) is 0 Å². The molecule has 2 fully saturated rings. The van der Waals surface area contributed by atoms with Gasteiger partial charge in [-0.25, -0.2) is 9.18 Å². The van der Waals surface area contributed by atoms with E-state index in [1.807, 2.05) is 20.8 Å². The summed E-state index contributed by atoms with van der Waals surface area (Å²) in [7, 11) is 0. The van der Waals surface area contributed by atoms with Crippen molar-refractivity contribution in [2.45, 2.75) is 64.0 Å². The van der Waals surface area contributed by atoms with Crippen LogP contribution >= 0.6 is 0 Å². The Bertz CT molecular complexity index is 312. The number of likely N-dealkylation sites (tertiary alicyclic amines) is 1. The van der Waals surface area contributed by atoms with Gasteiger partial charge in [0.1, 0.15) is 11.8 Å². The first-order chi connectivity index (χ1) is 8.35. The van der Waals surface area contributed by atoms with Gasteiger partial charge in [0.2, 0.25) is 0 Å². The lowest BCUT2D eigenvalue weighted by atomic mass is 10.1. The van der Waals surface area contributed by atoms with E-state index in [1.165, 1.54) is 4.90 Å². The van der Waals surface area contributed by atoms with E-state index in [1.54, 1.807) is 0 Å². The molecule has 0 radical (unpaired) electrons. The number of halogens is 1. The number of rotatable bonds is 3. The molecule has 5 heteroatoms. The Labute approximate surface area is 107 Å². The van der Waals surface area contributed by atoms with Crippen LogP contribution in [-0.2, 0) is 9.47 Å². The third-order valence-corrected chi connectivity index (χ3v) is 3.22. The first-order valence-electron chi connectivity index (χ1n) is 6.60. The molecule has 2 saturated heterocycles. The highest BCUT2D eigenvalue weighted by Crippen LogP contribution is 2.28. The van der Waals surface area contributed by atoms with Crippen molar-refractivity contribution in [2.24, 2.45) is 0 Å². The standard InChI is InChI=1S/C13H22FNO3/c1-13(2,3)18-12(16)15-7-9(14)6-10(15)4-5-11-8-17-11/h9-11H,4-8H2,1-3H3. The maximum absolute atomic E-state index is 13.5. The second-order valence-corrected chi connectivity index (χ2v) is 6.15. The van der Waals surface area contributed by atoms with E-state index in [4.69, 9.17) is 9.47 Å². The summed E-state index contributed by atoms with van der Waals surface area (Å²) in [6, 6.07) is -0.0425. The molecule has 1 amide bonds. The van der Waals surface area contributed by atoms with Crippen LogP contribution < -0.4 is 0 Å². The number of carbonyl (C=O) groups is 1. The predicted molar refractivity (Wildman–Crippen MR) is 65.2 cm³/mol. The average molecular weight is 259 g/mol. The van der Waals surface area contributed by atoms with Crippen LogP contribution in [0.15, 0.2) is 0 Å². The van der Waals surface area contributed by atoms with E-state index in [0.29, 0.717) is 12.5 Å². The average Bonchev–Trinajstić information content (AvgIpc) is 2.96. The van der Waals surface area contributed by atoms with Crippen LogP contribution in [0.25, 0.3) is 0 Å². The van der Waals surface area contributed by atoms with E-state index in [0.717, 1.165) is 19.4 Å². The highest BCUT2D eigenvalue weighted by atomic mass is 19.1. The summed E-state index contributed by atoms with van der Waals surface area (Å²) in [6.07, 6.45) is 1.11. The van der Waals surface area contributed by atoms with Gasteiger partial charge in [0, 0.05) is 12.5 Å². The Morgan fingerprint density at radius 3 is 2.67 bits per heavy atom. The number of hydrogen-bond donors (Lipinski definition) is 0. The van der Waals surface area contributed by atoms with Crippen molar-refractivity contribution in [3.05, 3.63) is 0 Å². The second kappa shape index (κ2) is 5.03. The molecule has 4 nitrogen and oxygen atoms in total. The van der Waals surface area contributed by atoms with Crippen LogP contribution in [-0.4, -0.2) is 48.1 Å². The summed E-state index contributed by atoms with van der Waals surface area (Å²) in [4.78, 5) is 13.5. The molecule has 0 aromatic heterocycles. The molecule has 0 bridgehead atoms. The molecule has 2 heterocycles. The smallest absolute Gasteiger partial charge is 0.410 e. The minimum Gasteiger partial charge on any atom is -0.444 e. The van der Waals surface area contributed by atoms with Gasteiger partial charge in [-0.1, -0.05) is 0 Å². The molecule has 18 heavy (non-hydrogen) atoms. The summed E-state index contributed by atoms with van der Waals surface area (Å²) in [5.74, 6) is 0. The fourth-order valence-corrected chi connectivity index (χ4v) is 2.29. The minimum atomic E-state index is -0.928. The highest BCUT2D eigenvalue weighted by molar-refractivity contribution is 5.69. The second-order valence-electron chi connectivity index (χ2n) is 6.15. The molecule has 3 unspecified atom stereocenters. The fraction of sp³-hybridized carbons (Fsp3) is 0.923. The Balaban J connectivity index is 1.88. The van der Waals surface area contributed by atoms with E-state index >= 15 is 0 Å². The van der Waals surface area contributed by atoms with Crippen molar-refractivity contribution in [3.8, 4) is 0 Å². The maximum Gasteiger partial charge on any atom is 0.410 e. The Hall–Kier alpha value is -0.840. The maximum atomic E-state index is 13.5. The van der Waals surface area contributed by atoms with E-state index < -0.39 is 17.9 Å². The highest BCUT2D eigenvalue weighted by Gasteiger charge is 2.38. The molecule has 0 aromatic carbocycles. The molecule has 0 saturated carbocycles. The van der Waals surface area contributed by atoms with Gasteiger partial charge in [-0.15, -0.1) is 0 Å². The molecular formula is C13H22FNO3. The molecule has 2 rings (SSSR count). The topological polar surface area (TPSA) is 42.1 Å². The molecule has 0 N–H and O–H groups in total. The monoisotopic (exact) mass is 259 g/mol. The van der Waals surface area contributed by atoms with Crippen molar-refractivity contribution in [1.29, 1.82) is 0 Å². The number of alkyl halides is 1. The summed E-state index contributed by atoms with van der Waals surface area (Å²) >= 11 is 0. The van der Waals surface area contributed by atoms with Gasteiger partial charge in [0.05, 0.1) is 19.3 Å². The normalized spacial score (nSPS) is 31.6. The van der Waals surface area contributed by atoms with Gasteiger partial charge < -0.3 is 14.4 Å². The largest absolute Gasteiger partial charge is 0.444 e. The zero-order valence-corrected chi connectivity index (χ0v) is 11.3. The molecule has 3 atom stereocenters. The predicted octanol–water partition coefficient (Wildman–Crippen LogP) is 2.51. The lowest BCUT2D eigenvalue weighted by molar-refractivity contribution is 0.0210. The lowest BCUT2D eigenvalue weighted by Gasteiger charge is -2.28. The fourth-order valence-electron chi connectivity index (χ4n) is 2.29. The van der Waals surface area contributed by atoms with Crippen molar-refractivity contribution in [2.75, 3.05) is 13.2 Å². The van der Waals surface area contributed by atoms with Gasteiger partial charge in [-0.05, 0) is 33.6 Å². The molecule has 2 aliphatic heterocycles. The Kier molecular flexibility index (Phi) is 3.80. The SMILES string of the molecule is CC(C)(C)OC(=O)N1CC(F)CC1CCC1CO1. The Morgan fingerprint density at radius 2 is 2.11 bits per heavy atom. The molecule has 0 spiro atoms. The van der Waals surface area contributed by atoms with E-state index in [9.17, 15) is 9.18 Å². The van der Waals surface area contributed by atoms with E-state index in [2.05, 4.69) is 0 Å². The summed E-state index contributed by atoms with van der Waals surface area (Å²) < 4.78 is 23.9. The van der Waals surface area contributed by atoms with Crippen molar-refractivity contribution in [1.82, 2.24) is 4.90 Å². The molecule has 2 aliphatic rings. The van der Waals surface area contributed by atoms with Crippen molar-refractivity contribution < 1.29 is 18.7 Å². The van der Waals surface area contributed by atoms with Crippen LogP contribution in [0.4, 0.5) is 9.18 Å². The molecule has 0 aromatic rings. The summed E-state index contributed by atoms with van der Waals surface area (Å²) in [5.41, 5.74) is -0.532. The van der Waals surface area contributed by atoms with Crippen LogP contribution in [0.2, 0.25) is 0 Å². The number of hydrogen-bond acceptors (Lipinski definition) is 3. The summed E-state index contributed by atoms with van der Waals surface area (Å²) in [5, 5.41) is 0. The third kappa shape index (κ3) is 3.83. The molecule has 0 aliphatic carbocycles. The van der Waals surface area contributed by atoms with Gasteiger partial charge >= 0.3 is 6.09 Å². The van der Waals surface area contributed by atoms with Gasteiger partial charge in [0.25, 0.3) is 0 Å². The number of nitrogens with zero attached hydrogens (tertiary/aromatic N) is 1. The lowest BCUT2D eigenvalue weighted by Crippen LogP contribution is -2.40. The molecular weight excluding hydrogens is 237 g/mol. The van der Waals surface area contributed by atoms with Crippen LogP contribution in [0.1, 0.15) is 40.0 Å².